The Morgan fingerprint density at radius 1 is 1.54 bits per heavy atom. The van der Waals surface area contributed by atoms with Crippen molar-refractivity contribution in [2.45, 2.75) is 25.4 Å². The Hall–Kier alpha value is -0.670. The molecule has 68 valence electrons. The average molecular weight is 193 g/mol. The first-order chi connectivity index (χ1) is 6.36. The molecule has 3 heterocycles. The molecule has 0 saturated carbocycles. The molecule has 1 aromatic rings. The highest BCUT2D eigenvalue weighted by atomic mass is 32.1. The van der Waals surface area contributed by atoms with Gasteiger partial charge in [0.1, 0.15) is 0 Å². The summed E-state index contributed by atoms with van der Waals surface area (Å²) in [6, 6.07) is 2.19. The van der Waals surface area contributed by atoms with Crippen molar-refractivity contribution < 1.29 is 4.79 Å². The van der Waals surface area contributed by atoms with E-state index in [9.17, 15) is 4.79 Å². The summed E-state index contributed by atoms with van der Waals surface area (Å²) >= 11 is 1.72. The minimum atomic E-state index is 0.210. The minimum absolute atomic E-state index is 0.210. The molecule has 3 heteroatoms. The molecule has 3 rings (SSSR count). The Labute approximate surface area is 81.2 Å². The van der Waals surface area contributed by atoms with Crippen LogP contribution in [0.1, 0.15) is 28.1 Å². The van der Waals surface area contributed by atoms with Crippen LogP contribution in [0.5, 0.6) is 0 Å². The topological polar surface area (TPSA) is 20.3 Å². The molecule has 1 aromatic heterocycles. The summed E-state index contributed by atoms with van der Waals surface area (Å²) in [5.41, 5.74) is 0.994. The zero-order chi connectivity index (χ0) is 8.84. The molecule has 0 radical (unpaired) electrons. The molecule has 0 amide bonds. The number of Topliss-reactive ketones (excluding diaryl/α,β-unsaturated/α-hetero) is 1. The zero-order valence-corrected chi connectivity index (χ0v) is 8.14. The first-order valence-corrected chi connectivity index (χ1v) is 5.59. The van der Waals surface area contributed by atoms with Gasteiger partial charge in [0.2, 0.25) is 0 Å². The van der Waals surface area contributed by atoms with Gasteiger partial charge in [0.25, 0.3) is 0 Å². The Kier molecular flexibility index (Phi) is 1.58. The van der Waals surface area contributed by atoms with Crippen molar-refractivity contribution in [1.82, 2.24) is 4.90 Å². The standard InChI is InChI=1S/C10H11NOS/c12-10-7-3-5-13-9(7)6-11-4-1-2-8(10)11/h3,5,8H,1-2,4,6H2/t8-/m0/s1. The van der Waals surface area contributed by atoms with Gasteiger partial charge in [-0.25, -0.2) is 0 Å². The molecule has 1 saturated heterocycles. The van der Waals surface area contributed by atoms with E-state index >= 15 is 0 Å². The van der Waals surface area contributed by atoms with Gasteiger partial charge < -0.3 is 0 Å². The molecule has 1 atom stereocenters. The normalized spacial score (nSPS) is 27.4. The summed E-state index contributed by atoms with van der Waals surface area (Å²) in [5, 5.41) is 2.03. The molecule has 0 N–H and O–H groups in total. The highest BCUT2D eigenvalue weighted by molar-refractivity contribution is 7.10. The Balaban J connectivity index is 2.07. The minimum Gasteiger partial charge on any atom is -0.292 e. The number of carbonyl (C=O) groups is 1. The van der Waals surface area contributed by atoms with Crippen LogP contribution in [-0.4, -0.2) is 23.3 Å². The molecule has 0 bridgehead atoms. The van der Waals surface area contributed by atoms with Gasteiger partial charge >= 0.3 is 0 Å². The van der Waals surface area contributed by atoms with E-state index in [0.29, 0.717) is 5.78 Å². The molecule has 2 aliphatic rings. The molecule has 1 fully saturated rings. The third kappa shape index (κ3) is 1.00. The molecule has 0 aliphatic carbocycles. The molecular formula is C10H11NOS. The monoisotopic (exact) mass is 193 g/mol. The molecule has 0 unspecified atom stereocenters. The number of carbonyl (C=O) groups excluding carboxylic acids is 1. The van der Waals surface area contributed by atoms with Crippen molar-refractivity contribution in [1.29, 1.82) is 0 Å². The van der Waals surface area contributed by atoms with Gasteiger partial charge in [-0.3, -0.25) is 9.69 Å². The second-order valence-electron chi connectivity index (χ2n) is 3.75. The lowest BCUT2D eigenvalue weighted by molar-refractivity contribution is 0.0836. The molecule has 0 aromatic carbocycles. The number of rotatable bonds is 0. The summed E-state index contributed by atoms with van der Waals surface area (Å²) in [6.45, 7) is 2.11. The molecule has 0 spiro atoms. The van der Waals surface area contributed by atoms with Gasteiger partial charge in [0, 0.05) is 17.0 Å². The highest BCUT2D eigenvalue weighted by Gasteiger charge is 2.36. The number of hydrogen-bond acceptors (Lipinski definition) is 3. The third-order valence-corrected chi connectivity index (χ3v) is 3.93. The number of thiophene rings is 1. The van der Waals surface area contributed by atoms with E-state index in [1.54, 1.807) is 11.3 Å². The summed E-state index contributed by atoms with van der Waals surface area (Å²) in [6.07, 6.45) is 2.25. The highest BCUT2D eigenvalue weighted by Crippen LogP contribution is 2.32. The maximum atomic E-state index is 11.9. The van der Waals surface area contributed by atoms with Gasteiger partial charge in [-0.15, -0.1) is 11.3 Å². The van der Waals surface area contributed by atoms with Crippen LogP contribution in [0.4, 0.5) is 0 Å². The Morgan fingerprint density at radius 2 is 2.46 bits per heavy atom. The fourth-order valence-electron chi connectivity index (χ4n) is 2.36. The van der Waals surface area contributed by atoms with Crippen molar-refractivity contribution >= 4 is 17.1 Å². The van der Waals surface area contributed by atoms with Crippen molar-refractivity contribution in [3.05, 3.63) is 21.9 Å². The second kappa shape index (κ2) is 2.66. The Morgan fingerprint density at radius 3 is 3.38 bits per heavy atom. The van der Waals surface area contributed by atoms with Crippen LogP contribution in [0.2, 0.25) is 0 Å². The molecule has 2 nitrogen and oxygen atoms in total. The van der Waals surface area contributed by atoms with Crippen LogP contribution in [0.25, 0.3) is 0 Å². The Bertz CT molecular complexity index is 358. The van der Waals surface area contributed by atoms with Gasteiger partial charge in [0.05, 0.1) is 6.04 Å². The summed E-state index contributed by atoms with van der Waals surface area (Å²) in [7, 11) is 0. The predicted octanol–water partition coefficient (Wildman–Crippen LogP) is 1.91. The fourth-order valence-corrected chi connectivity index (χ4v) is 3.26. The maximum Gasteiger partial charge on any atom is 0.181 e. The van der Waals surface area contributed by atoms with Crippen LogP contribution in [-0.2, 0) is 6.54 Å². The fraction of sp³-hybridized carbons (Fsp3) is 0.500. The van der Waals surface area contributed by atoms with E-state index in [-0.39, 0.29) is 6.04 Å². The van der Waals surface area contributed by atoms with E-state index in [4.69, 9.17) is 0 Å². The summed E-state index contributed by atoms with van der Waals surface area (Å²) in [5.74, 6) is 0.361. The first kappa shape index (κ1) is 7.71. The first-order valence-electron chi connectivity index (χ1n) is 4.71. The van der Waals surface area contributed by atoms with Gasteiger partial charge in [-0.2, -0.15) is 0 Å². The smallest absolute Gasteiger partial charge is 0.181 e. The van der Waals surface area contributed by atoms with Crippen molar-refractivity contribution in [2.75, 3.05) is 6.54 Å². The number of hydrogen-bond donors (Lipinski definition) is 0. The van der Waals surface area contributed by atoms with E-state index in [2.05, 4.69) is 4.90 Å². The third-order valence-electron chi connectivity index (χ3n) is 3.02. The largest absolute Gasteiger partial charge is 0.292 e. The summed E-state index contributed by atoms with van der Waals surface area (Å²) < 4.78 is 0. The molecule has 13 heavy (non-hydrogen) atoms. The van der Waals surface area contributed by atoms with Crippen molar-refractivity contribution in [3.8, 4) is 0 Å². The average Bonchev–Trinajstić information content (AvgIpc) is 2.71. The summed E-state index contributed by atoms with van der Waals surface area (Å²) in [4.78, 5) is 15.5. The SMILES string of the molecule is O=C1c2ccsc2CN2CCC[C@@H]12. The van der Waals surface area contributed by atoms with Gasteiger partial charge in [0.15, 0.2) is 5.78 Å². The van der Waals surface area contributed by atoms with Gasteiger partial charge in [-0.1, -0.05) is 0 Å². The number of ketones is 1. The van der Waals surface area contributed by atoms with E-state index in [1.807, 2.05) is 11.4 Å². The van der Waals surface area contributed by atoms with Crippen LogP contribution in [0.3, 0.4) is 0 Å². The van der Waals surface area contributed by atoms with E-state index in [0.717, 1.165) is 25.1 Å². The molecular weight excluding hydrogens is 182 g/mol. The lowest BCUT2D eigenvalue weighted by atomic mass is 9.99. The number of fused-ring (bicyclic) bond motifs is 2. The van der Waals surface area contributed by atoms with E-state index < -0.39 is 0 Å². The van der Waals surface area contributed by atoms with Crippen molar-refractivity contribution in [2.24, 2.45) is 0 Å². The quantitative estimate of drug-likeness (QED) is 0.627. The lowest BCUT2D eigenvalue weighted by Crippen LogP contribution is -2.39. The van der Waals surface area contributed by atoms with Crippen LogP contribution in [0.15, 0.2) is 11.4 Å². The maximum absolute atomic E-state index is 11.9. The second-order valence-corrected chi connectivity index (χ2v) is 4.75. The molecule has 2 aliphatic heterocycles. The lowest BCUT2D eigenvalue weighted by Gasteiger charge is -2.27. The number of nitrogens with zero attached hydrogens (tertiary/aromatic N) is 1. The van der Waals surface area contributed by atoms with Crippen molar-refractivity contribution in [3.63, 3.8) is 0 Å². The predicted molar refractivity (Wildman–Crippen MR) is 52.1 cm³/mol. The van der Waals surface area contributed by atoms with Crippen LogP contribution in [0, 0.1) is 0 Å². The van der Waals surface area contributed by atoms with Crippen LogP contribution < -0.4 is 0 Å². The zero-order valence-electron chi connectivity index (χ0n) is 7.32. The van der Waals surface area contributed by atoms with Gasteiger partial charge in [-0.05, 0) is 30.8 Å². The van der Waals surface area contributed by atoms with Crippen LogP contribution >= 0.6 is 11.3 Å². The van der Waals surface area contributed by atoms with E-state index in [1.165, 1.54) is 11.3 Å².